The van der Waals surface area contributed by atoms with Crippen molar-refractivity contribution in [1.82, 2.24) is 0 Å². The van der Waals surface area contributed by atoms with Crippen LogP contribution in [0.25, 0.3) is 0 Å². The fourth-order valence-corrected chi connectivity index (χ4v) is 4.91. The topological polar surface area (TPSA) is 0 Å². The zero-order valence-corrected chi connectivity index (χ0v) is 11.0. The molecule has 0 spiro atoms. The molecule has 0 aromatic carbocycles. The van der Waals surface area contributed by atoms with E-state index in [0.29, 0.717) is 0 Å². The highest BCUT2D eigenvalue weighted by molar-refractivity contribution is 5.71. The van der Waals surface area contributed by atoms with E-state index in [2.05, 4.69) is 6.08 Å². The molecule has 5 rings (SSSR count). The lowest BCUT2D eigenvalue weighted by molar-refractivity contribution is 0.512. The summed E-state index contributed by atoms with van der Waals surface area (Å²) in [6.45, 7) is 0. The van der Waals surface area contributed by atoms with E-state index in [1.807, 2.05) is 11.1 Å². The number of rotatable bonds is 0. The fraction of sp³-hybridized carbons (Fsp3) is 0.556. The van der Waals surface area contributed by atoms with Crippen LogP contribution in [0.15, 0.2) is 45.1 Å². The van der Waals surface area contributed by atoms with E-state index >= 15 is 0 Å². The molecule has 5 aliphatic carbocycles. The lowest BCUT2D eigenvalue weighted by atomic mass is 9.62. The monoisotopic (exact) mass is 236 g/mol. The first-order valence-corrected chi connectivity index (χ1v) is 7.83. The molecule has 0 bridgehead atoms. The Labute approximate surface area is 109 Å². The first kappa shape index (κ1) is 9.83. The van der Waals surface area contributed by atoms with Gasteiger partial charge >= 0.3 is 0 Å². The van der Waals surface area contributed by atoms with Crippen LogP contribution in [0.1, 0.15) is 57.8 Å². The quantitative estimate of drug-likeness (QED) is 0.555. The molecule has 0 saturated heterocycles. The van der Waals surface area contributed by atoms with Crippen molar-refractivity contribution in [1.29, 1.82) is 0 Å². The molecule has 0 nitrogen and oxygen atoms in total. The Hall–Kier alpha value is -1.04. The number of hydrogen-bond acceptors (Lipinski definition) is 0. The van der Waals surface area contributed by atoms with Crippen LogP contribution in [0.2, 0.25) is 0 Å². The van der Waals surface area contributed by atoms with Crippen LogP contribution in [0.4, 0.5) is 0 Å². The molecule has 0 aromatic rings. The lowest BCUT2D eigenvalue weighted by Crippen LogP contribution is -2.27. The van der Waals surface area contributed by atoms with Gasteiger partial charge < -0.3 is 0 Å². The highest BCUT2D eigenvalue weighted by Crippen LogP contribution is 2.59. The summed E-state index contributed by atoms with van der Waals surface area (Å²) in [6.07, 6.45) is 15.2. The van der Waals surface area contributed by atoms with Crippen LogP contribution in [0, 0.1) is 5.92 Å². The molecular weight excluding hydrogens is 216 g/mol. The Kier molecular flexibility index (Phi) is 1.80. The summed E-state index contributed by atoms with van der Waals surface area (Å²) in [7, 11) is 0. The standard InChI is InChI=1S/C18H20/c1-2-6-16-15-7-3-4-12-10-11-8-9-13(11)14(5-1)18(16)17(12)15/h10,15H,1-9H2. The minimum absolute atomic E-state index is 0.881. The Morgan fingerprint density at radius 3 is 2.67 bits per heavy atom. The van der Waals surface area contributed by atoms with Crippen molar-refractivity contribution in [3.8, 4) is 0 Å². The van der Waals surface area contributed by atoms with Crippen LogP contribution in [0.3, 0.4) is 0 Å². The molecule has 1 saturated carbocycles. The summed E-state index contributed by atoms with van der Waals surface area (Å²) in [4.78, 5) is 0. The van der Waals surface area contributed by atoms with Gasteiger partial charge in [0.1, 0.15) is 0 Å². The third kappa shape index (κ3) is 1.04. The molecule has 5 aliphatic rings. The molecule has 0 heteroatoms. The highest BCUT2D eigenvalue weighted by atomic mass is 14.5. The average molecular weight is 236 g/mol. The van der Waals surface area contributed by atoms with Gasteiger partial charge in [0.2, 0.25) is 0 Å². The van der Waals surface area contributed by atoms with Crippen LogP contribution in [0.5, 0.6) is 0 Å². The van der Waals surface area contributed by atoms with Crippen molar-refractivity contribution in [3.05, 3.63) is 45.1 Å². The van der Waals surface area contributed by atoms with Crippen molar-refractivity contribution in [3.63, 3.8) is 0 Å². The van der Waals surface area contributed by atoms with Crippen molar-refractivity contribution >= 4 is 0 Å². The van der Waals surface area contributed by atoms with Gasteiger partial charge in [-0.25, -0.2) is 0 Å². The molecule has 0 aliphatic heterocycles. The maximum absolute atomic E-state index is 2.59. The van der Waals surface area contributed by atoms with Crippen LogP contribution >= 0.6 is 0 Å². The molecule has 0 heterocycles. The fourth-order valence-electron chi connectivity index (χ4n) is 4.91. The van der Waals surface area contributed by atoms with Gasteiger partial charge in [-0.05, 0) is 91.2 Å². The molecule has 92 valence electrons. The zero-order chi connectivity index (χ0) is 11.7. The summed E-state index contributed by atoms with van der Waals surface area (Å²) < 4.78 is 0. The summed E-state index contributed by atoms with van der Waals surface area (Å²) in [5.41, 5.74) is 12.4. The second-order valence-corrected chi connectivity index (χ2v) is 6.62. The van der Waals surface area contributed by atoms with Gasteiger partial charge in [-0.15, -0.1) is 0 Å². The third-order valence-electron chi connectivity index (χ3n) is 5.81. The summed E-state index contributed by atoms with van der Waals surface area (Å²) in [5, 5.41) is 0. The lowest BCUT2D eigenvalue weighted by Gasteiger charge is -2.41. The Morgan fingerprint density at radius 1 is 0.833 bits per heavy atom. The van der Waals surface area contributed by atoms with Gasteiger partial charge in [0.05, 0.1) is 0 Å². The maximum atomic E-state index is 2.59. The van der Waals surface area contributed by atoms with Gasteiger partial charge in [-0.3, -0.25) is 0 Å². The Balaban J connectivity index is 1.81. The van der Waals surface area contributed by atoms with Gasteiger partial charge in [-0.1, -0.05) is 11.6 Å². The molecule has 0 radical (unpaired) electrons. The number of hydrogen-bond donors (Lipinski definition) is 0. The van der Waals surface area contributed by atoms with E-state index in [4.69, 9.17) is 0 Å². The first-order chi connectivity index (χ1) is 8.93. The Bertz CT molecular complexity index is 577. The van der Waals surface area contributed by atoms with E-state index in [1.54, 1.807) is 27.9 Å². The van der Waals surface area contributed by atoms with Gasteiger partial charge in [0, 0.05) is 5.92 Å². The molecular formula is C18H20. The smallest absolute Gasteiger partial charge is 0.00662 e. The van der Waals surface area contributed by atoms with E-state index in [9.17, 15) is 0 Å². The van der Waals surface area contributed by atoms with Crippen molar-refractivity contribution < 1.29 is 0 Å². The first-order valence-electron chi connectivity index (χ1n) is 7.83. The maximum Gasteiger partial charge on any atom is 0.00662 e. The molecule has 0 N–H and O–H groups in total. The SMILES string of the molecule is C1=C2CCC2=C2CCCCC3=C2C2=C1CCCC32. The second-order valence-electron chi connectivity index (χ2n) is 6.62. The highest BCUT2D eigenvalue weighted by Gasteiger charge is 2.43. The van der Waals surface area contributed by atoms with Crippen molar-refractivity contribution in [2.75, 3.05) is 0 Å². The minimum atomic E-state index is 0.881. The molecule has 1 fully saturated rings. The minimum Gasteiger partial charge on any atom is -0.0552 e. The number of fused-ring (bicyclic) bond motifs is 2. The summed E-state index contributed by atoms with van der Waals surface area (Å²) >= 11 is 0. The second kappa shape index (κ2) is 3.29. The number of allylic oxidation sites excluding steroid dienone is 8. The molecule has 1 atom stereocenters. The summed E-state index contributed by atoms with van der Waals surface area (Å²) in [5.74, 6) is 0.881. The average Bonchev–Trinajstić information content (AvgIpc) is 2.55. The predicted octanol–water partition coefficient (Wildman–Crippen LogP) is 5.00. The van der Waals surface area contributed by atoms with Crippen LogP contribution in [-0.4, -0.2) is 0 Å². The van der Waals surface area contributed by atoms with Gasteiger partial charge in [-0.2, -0.15) is 0 Å². The van der Waals surface area contributed by atoms with Crippen LogP contribution in [-0.2, 0) is 0 Å². The molecule has 1 unspecified atom stereocenters. The molecule has 18 heavy (non-hydrogen) atoms. The zero-order valence-electron chi connectivity index (χ0n) is 11.0. The molecule has 0 amide bonds. The van der Waals surface area contributed by atoms with Gasteiger partial charge in [0.15, 0.2) is 0 Å². The predicted molar refractivity (Wildman–Crippen MR) is 74.2 cm³/mol. The van der Waals surface area contributed by atoms with E-state index < -0.39 is 0 Å². The normalized spacial score (nSPS) is 32.9. The van der Waals surface area contributed by atoms with Crippen molar-refractivity contribution in [2.45, 2.75) is 57.8 Å². The van der Waals surface area contributed by atoms with Crippen molar-refractivity contribution in [2.24, 2.45) is 5.92 Å². The third-order valence-corrected chi connectivity index (χ3v) is 5.81. The van der Waals surface area contributed by atoms with Crippen LogP contribution < -0.4 is 0 Å². The largest absolute Gasteiger partial charge is 0.0552 e. The van der Waals surface area contributed by atoms with E-state index in [-0.39, 0.29) is 0 Å². The van der Waals surface area contributed by atoms with E-state index in [1.165, 1.54) is 57.8 Å². The molecule has 0 aromatic heterocycles. The van der Waals surface area contributed by atoms with Gasteiger partial charge in [0.25, 0.3) is 0 Å². The summed E-state index contributed by atoms with van der Waals surface area (Å²) in [6, 6.07) is 0. The Morgan fingerprint density at radius 2 is 1.78 bits per heavy atom. The van der Waals surface area contributed by atoms with E-state index in [0.717, 1.165) is 5.92 Å².